The second-order valence-corrected chi connectivity index (χ2v) is 2.06. The van der Waals surface area contributed by atoms with Gasteiger partial charge in [-0.3, -0.25) is 4.79 Å². The third-order valence-corrected chi connectivity index (χ3v) is 1.42. The van der Waals surface area contributed by atoms with Crippen molar-refractivity contribution in [3.8, 4) is 0 Å². The Balaban J connectivity index is 2.32. The first-order valence-electron chi connectivity index (χ1n) is 3.02. The molecule has 1 saturated heterocycles. The summed E-state index contributed by atoms with van der Waals surface area (Å²) in [5, 5.41) is 0. The molecule has 0 aromatic rings. The van der Waals surface area contributed by atoms with Crippen LogP contribution in [-0.2, 0) is 9.53 Å². The van der Waals surface area contributed by atoms with Gasteiger partial charge in [0.15, 0.2) is 0 Å². The zero-order valence-corrected chi connectivity index (χ0v) is 5.02. The van der Waals surface area contributed by atoms with Gasteiger partial charge >= 0.3 is 5.97 Å². The van der Waals surface area contributed by atoms with Crippen LogP contribution in [0.15, 0.2) is 0 Å². The fourth-order valence-corrected chi connectivity index (χ4v) is 0.870. The van der Waals surface area contributed by atoms with E-state index in [0.717, 1.165) is 12.8 Å². The van der Waals surface area contributed by atoms with E-state index in [9.17, 15) is 4.79 Å². The van der Waals surface area contributed by atoms with Crippen LogP contribution in [-0.4, -0.2) is 12.1 Å². The molecule has 0 spiro atoms. The van der Waals surface area contributed by atoms with Crippen molar-refractivity contribution in [3.05, 3.63) is 0 Å². The van der Waals surface area contributed by atoms with Crippen LogP contribution in [0.3, 0.4) is 0 Å². The van der Waals surface area contributed by atoms with E-state index in [1.165, 1.54) is 0 Å². The Morgan fingerprint density at radius 1 is 1.88 bits per heavy atom. The number of hydrogen-bond donors (Lipinski definition) is 0. The molecule has 8 heavy (non-hydrogen) atoms. The lowest BCUT2D eigenvalue weighted by Gasteiger charge is -2.01. The van der Waals surface area contributed by atoms with Gasteiger partial charge in [-0.25, -0.2) is 0 Å². The van der Waals surface area contributed by atoms with Gasteiger partial charge in [-0.2, -0.15) is 0 Å². The standard InChI is InChI=1S/C6H10O2/c1-2-5-3-4-6(7)8-5/h5H,2-4H2,1H3/t5-/m1/s1. The Morgan fingerprint density at radius 2 is 2.62 bits per heavy atom. The summed E-state index contributed by atoms with van der Waals surface area (Å²) in [5.41, 5.74) is 0. The normalized spacial score (nSPS) is 28.1. The van der Waals surface area contributed by atoms with Crippen molar-refractivity contribution in [2.45, 2.75) is 32.3 Å². The maximum Gasteiger partial charge on any atom is 0.306 e. The number of cyclic esters (lactones) is 1. The Morgan fingerprint density at radius 3 is 2.88 bits per heavy atom. The molecule has 0 N–H and O–H groups in total. The van der Waals surface area contributed by atoms with Crippen molar-refractivity contribution in [2.24, 2.45) is 0 Å². The van der Waals surface area contributed by atoms with Crippen LogP contribution >= 0.6 is 0 Å². The third kappa shape index (κ3) is 0.997. The van der Waals surface area contributed by atoms with E-state index in [0.29, 0.717) is 6.42 Å². The van der Waals surface area contributed by atoms with E-state index in [1.54, 1.807) is 0 Å². The molecule has 0 aliphatic carbocycles. The van der Waals surface area contributed by atoms with E-state index >= 15 is 0 Å². The van der Waals surface area contributed by atoms with Crippen molar-refractivity contribution in [3.63, 3.8) is 0 Å². The molecular formula is C6H10O2. The Bertz CT molecular complexity index is 98.7. The number of esters is 1. The highest BCUT2D eigenvalue weighted by molar-refractivity contribution is 5.71. The zero-order valence-electron chi connectivity index (χ0n) is 5.02. The highest BCUT2D eigenvalue weighted by atomic mass is 16.5. The number of hydrogen-bond acceptors (Lipinski definition) is 2. The van der Waals surface area contributed by atoms with Crippen LogP contribution in [0.4, 0.5) is 0 Å². The summed E-state index contributed by atoms with van der Waals surface area (Å²) in [6, 6.07) is 0. The van der Waals surface area contributed by atoms with Crippen LogP contribution in [0.1, 0.15) is 26.2 Å². The van der Waals surface area contributed by atoms with Crippen molar-refractivity contribution in [2.75, 3.05) is 0 Å². The van der Waals surface area contributed by atoms with E-state index in [4.69, 9.17) is 4.74 Å². The molecule has 0 aromatic heterocycles. The fourth-order valence-electron chi connectivity index (χ4n) is 0.870. The third-order valence-electron chi connectivity index (χ3n) is 1.42. The molecule has 2 nitrogen and oxygen atoms in total. The summed E-state index contributed by atoms with van der Waals surface area (Å²) >= 11 is 0. The van der Waals surface area contributed by atoms with Gasteiger partial charge in [0.2, 0.25) is 0 Å². The van der Waals surface area contributed by atoms with Crippen molar-refractivity contribution >= 4 is 5.97 Å². The van der Waals surface area contributed by atoms with Crippen LogP contribution in [0, 0.1) is 0 Å². The molecule has 0 bridgehead atoms. The summed E-state index contributed by atoms with van der Waals surface area (Å²) in [7, 11) is 0. The largest absolute Gasteiger partial charge is 0.462 e. The molecule has 1 fully saturated rings. The topological polar surface area (TPSA) is 26.3 Å². The van der Waals surface area contributed by atoms with Crippen LogP contribution in [0.25, 0.3) is 0 Å². The van der Waals surface area contributed by atoms with E-state index in [-0.39, 0.29) is 12.1 Å². The second-order valence-electron chi connectivity index (χ2n) is 2.06. The molecule has 1 aliphatic heterocycles. The lowest BCUT2D eigenvalue weighted by Crippen LogP contribution is -2.03. The van der Waals surface area contributed by atoms with Gasteiger partial charge < -0.3 is 4.74 Å². The van der Waals surface area contributed by atoms with Crippen molar-refractivity contribution in [1.82, 2.24) is 0 Å². The molecule has 0 radical (unpaired) electrons. The van der Waals surface area contributed by atoms with Gasteiger partial charge in [-0.15, -0.1) is 0 Å². The van der Waals surface area contributed by atoms with Crippen molar-refractivity contribution in [1.29, 1.82) is 0 Å². The maximum atomic E-state index is 10.4. The molecule has 1 rings (SSSR count). The molecule has 1 aliphatic rings. The molecule has 46 valence electrons. The molecule has 0 saturated carbocycles. The number of carbonyl (C=O) groups is 1. The van der Waals surface area contributed by atoms with Gasteiger partial charge in [-0.05, 0) is 12.8 Å². The fraction of sp³-hybridized carbons (Fsp3) is 0.833. The zero-order chi connectivity index (χ0) is 5.98. The minimum Gasteiger partial charge on any atom is -0.462 e. The predicted molar refractivity (Wildman–Crippen MR) is 29.4 cm³/mol. The molecule has 0 amide bonds. The average molecular weight is 114 g/mol. The molecule has 0 unspecified atom stereocenters. The van der Waals surface area contributed by atoms with Gasteiger partial charge in [0.1, 0.15) is 6.10 Å². The monoisotopic (exact) mass is 114 g/mol. The SMILES string of the molecule is CC[C@@H]1CCC(=O)O1. The minimum absolute atomic E-state index is 0.0307. The van der Waals surface area contributed by atoms with E-state index in [1.807, 2.05) is 6.92 Å². The number of ether oxygens (including phenoxy) is 1. The Kier molecular flexibility index (Phi) is 1.51. The molecular weight excluding hydrogens is 104 g/mol. The highest BCUT2D eigenvalue weighted by Crippen LogP contribution is 2.15. The van der Waals surface area contributed by atoms with Crippen molar-refractivity contribution < 1.29 is 9.53 Å². The molecule has 1 heterocycles. The van der Waals surface area contributed by atoms with E-state index < -0.39 is 0 Å². The smallest absolute Gasteiger partial charge is 0.306 e. The number of carbonyl (C=O) groups excluding carboxylic acids is 1. The molecule has 1 atom stereocenters. The first-order valence-corrected chi connectivity index (χ1v) is 3.02. The summed E-state index contributed by atoms with van der Waals surface area (Å²) in [5.74, 6) is -0.0307. The first-order chi connectivity index (χ1) is 3.83. The van der Waals surface area contributed by atoms with Gasteiger partial charge in [0.25, 0.3) is 0 Å². The summed E-state index contributed by atoms with van der Waals surface area (Å²) in [4.78, 5) is 10.4. The quantitative estimate of drug-likeness (QED) is 0.477. The Hall–Kier alpha value is -0.530. The van der Waals surface area contributed by atoms with Crippen LogP contribution in [0.5, 0.6) is 0 Å². The van der Waals surface area contributed by atoms with Gasteiger partial charge in [0.05, 0.1) is 0 Å². The maximum absolute atomic E-state index is 10.4. The summed E-state index contributed by atoms with van der Waals surface area (Å²) < 4.78 is 4.87. The van der Waals surface area contributed by atoms with Gasteiger partial charge in [-0.1, -0.05) is 6.92 Å². The highest BCUT2D eigenvalue weighted by Gasteiger charge is 2.20. The van der Waals surface area contributed by atoms with Crippen LogP contribution in [0.2, 0.25) is 0 Å². The number of rotatable bonds is 1. The molecule has 0 aromatic carbocycles. The second kappa shape index (κ2) is 2.16. The van der Waals surface area contributed by atoms with Crippen LogP contribution < -0.4 is 0 Å². The Labute approximate surface area is 48.8 Å². The lowest BCUT2D eigenvalue weighted by atomic mass is 10.2. The predicted octanol–water partition coefficient (Wildman–Crippen LogP) is 1.10. The molecule has 2 heteroatoms. The van der Waals surface area contributed by atoms with E-state index in [2.05, 4.69) is 0 Å². The summed E-state index contributed by atoms with van der Waals surface area (Å²) in [6.07, 6.45) is 2.74. The summed E-state index contributed by atoms with van der Waals surface area (Å²) in [6.45, 7) is 2.03. The first kappa shape index (κ1) is 5.60. The van der Waals surface area contributed by atoms with Gasteiger partial charge in [0, 0.05) is 6.42 Å². The lowest BCUT2D eigenvalue weighted by molar-refractivity contribution is -0.141. The minimum atomic E-state index is -0.0307. The average Bonchev–Trinajstić information content (AvgIpc) is 2.14.